The van der Waals surface area contributed by atoms with Gasteiger partial charge in [-0.1, -0.05) is 43.3 Å². The van der Waals surface area contributed by atoms with Crippen LogP contribution in [0.4, 0.5) is 5.69 Å². The summed E-state index contributed by atoms with van der Waals surface area (Å²) < 4.78 is 5.73. The summed E-state index contributed by atoms with van der Waals surface area (Å²) >= 11 is 0. The van der Waals surface area contributed by atoms with Crippen LogP contribution >= 0.6 is 0 Å². The van der Waals surface area contributed by atoms with Crippen molar-refractivity contribution in [3.05, 3.63) is 59.7 Å². The molecule has 3 nitrogen and oxygen atoms in total. The molecule has 1 unspecified atom stereocenters. The van der Waals surface area contributed by atoms with Gasteiger partial charge in [-0.3, -0.25) is 4.79 Å². The molecule has 0 bridgehead atoms. The summed E-state index contributed by atoms with van der Waals surface area (Å²) in [4.78, 5) is 12.8. The van der Waals surface area contributed by atoms with E-state index in [2.05, 4.69) is 24.4 Å². The van der Waals surface area contributed by atoms with E-state index in [0.717, 1.165) is 37.1 Å². The second-order valence-corrected chi connectivity index (χ2v) is 5.98. The van der Waals surface area contributed by atoms with E-state index in [1.807, 2.05) is 36.4 Å². The molecule has 1 aliphatic rings. The van der Waals surface area contributed by atoms with Crippen LogP contribution in [0, 0.1) is 0 Å². The van der Waals surface area contributed by atoms with Gasteiger partial charge in [-0.25, -0.2) is 0 Å². The van der Waals surface area contributed by atoms with Gasteiger partial charge in [0.1, 0.15) is 5.75 Å². The fraction of sp³-hybridized carbons (Fsp3) is 0.350. The van der Waals surface area contributed by atoms with Crippen LogP contribution in [0.3, 0.4) is 0 Å². The number of nitrogens with one attached hydrogen (secondary N) is 1. The van der Waals surface area contributed by atoms with E-state index in [9.17, 15) is 4.79 Å². The Morgan fingerprint density at radius 3 is 2.83 bits per heavy atom. The maximum atomic E-state index is 12.8. The lowest BCUT2D eigenvalue weighted by atomic mass is 9.82. The van der Waals surface area contributed by atoms with E-state index in [0.29, 0.717) is 6.61 Å². The lowest BCUT2D eigenvalue weighted by Crippen LogP contribution is -2.25. The fourth-order valence-corrected chi connectivity index (χ4v) is 3.15. The third-order valence-corrected chi connectivity index (χ3v) is 4.29. The molecular formula is C20H23NO2. The Balaban J connectivity index is 1.78. The number of rotatable bonds is 5. The predicted octanol–water partition coefficient (Wildman–Crippen LogP) is 4.53. The summed E-state index contributed by atoms with van der Waals surface area (Å²) in [6, 6.07) is 15.9. The highest BCUT2D eigenvalue weighted by Crippen LogP contribution is 2.33. The van der Waals surface area contributed by atoms with Crippen LogP contribution in [0.2, 0.25) is 0 Å². The van der Waals surface area contributed by atoms with Crippen molar-refractivity contribution < 1.29 is 9.53 Å². The number of para-hydroxylation sites is 2. The average Bonchev–Trinajstić information content (AvgIpc) is 2.60. The second kappa shape index (κ2) is 7.32. The van der Waals surface area contributed by atoms with Crippen LogP contribution in [-0.2, 0) is 11.2 Å². The number of carbonyl (C=O) groups excluding carboxylic acids is 1. The Labute approximate surface area is 137 Å². The smallest absolute Gasteiger partial charge is 0.232 e. The molecule has 0 spiro atoms. The first kappa shape index (κ1) is 15.6. The fourth-order valence-electron chi connectivity index (χ4n) is 3.15. The number of aryl methyl sites for hydroxylation is 1. The lowest BCUT2D eigenvalue weighted by molar-refractivity contribution is -0.117. The first-order valence-corrected chi connectivity index (χ1v) is 8.40. The average molecular weight is 309 g/mol. The number of hydrogen-bond acceptors (Lipinski definition) is 2. The van der Waals surface area contributed by atoms with Gasteiger partial charge in [0.2, 0.25) is 5.91 Å². The second-order valence-electron chi connectivity index (χ2n) is 5.98. The molecule has 2 aromatic carbocycles. The van der Waals surface area contributed by atoms with Gasteiger partial charge in [0.05, 0.1) is 18.2 Å². The van der Waals surface area contributed by atoms with Crippen molar-refractivity contribution in [1.82, 2.24) is 0 Å². The Morgan fingerprint density at radius 1 is 1.17 bits per heavy atom. The third kappa shape index (κ3) is 3.55. The van der Waals surface area contributed by atoms with Crippen molar-refractivity contribution in [3.63, 3.8) is 0 Å². The standard InChI is InChI=1S/C20H23NO2/c1-2-14-23-19-13-6-5-12-18(19)21-20(22)17-11-7-9-15-8-3-4-10-16(15)17/h3-6,8,10,12-13,17H,2,7,9,11,14H2,1H3,(H,21,22). The van der Waals surface area contributed by atoms with Crippen molar-refractivity contribution in [3.8, 4) is 5.75 Å². The van der Waals surface area contributed by atoms with Crippen LogP contribution in [0.5, 0.6) is 5.75 Å². The van der Waals surface area contributed by atoms with Crippen molar-refractivity contribution in [2.45, 2.75) is 38.5 Å². The number of fused-ring (bicyclic) bond motifs is 1. The normalized spacial score (nSPS) is 16.5. The highest BCUT2D eigenvalue weighted by atomic mass is 16.5. The quantitative estimate of drug-likeness (QED) is 0.881. The topological polar surface area (TPSA) is 38.3 Å². The number of anilines is 1. The van der Waals surface area contributed by atoms with Gasteiger partial charge >= 0.3 is 0 Å². The van der Waals surface area contributed by atoms with Crippen LogP contribution in [0.1, 0.15) is 43.2 Å². The summed E-state index contributed by atoms with van der Waals surface area (Å²) in [5, 5.41) is 3.07. The maximum absolute atomic E-state index is 12.8. The SMILES string of the molecule is CCCOc1ccccc1NC(=O)C1CCCc2ccccc21. The number of carbonyl (C=O) groups is 1. The highest BCUT2D eigenvalue weighted by Gasteiger charge is 2.26. The summed E-state index contributed by atoms with van der Waals surface area (Å²) in [5.41, 5.74) is 3.23. The van der Waals surface area contributed by atoms with Gasteiger partial charge < -0.3 is 10.1 Å². The number of ether oxygens (including phenoxy) is 1. The number of amides is 1. The zero-order chi connectivity index (χ0) is 16.1. The molecule has 0 saturated carbocycles. The van der Waals surface area contributed by atoms with Gasteiger partial charge in [-0.05, 0) is 48.9 Å². The predicted molar refractivity (Wildman–Crippen MR) is 93.0 cm³/mol. The van der Waals surface area contributed by atoms with Crippen LogP contribution in [0.15, 0.2) is 48.5 Å². The van der Waals surface area contributed by atoms with E-state index in [-0.39, 0.29) is 11.8 Å². The molecule has 23 heavy (non-hydrogen) atoms. The minimum Gasteiger partial charge on any atom is -0.491 e. The first-order chi connectivity index (χ1) is 11.3. The molecule has 1 amide bonds. The largest absolute Gasteiger partial charge is 0.491 e. The number of benzene rings is 2. The van der Waals surface area contributed by atoms with Crippen LogP contribution in [-0.4, -0.2) is 12.5 Å². The summed E-state index contributed by atoms with van der Waals surface area (Å²) in [5.74, 6) is 0.732. The Morgan fingerprint density at radius 2 is 1.96 bits per heavy atom. The number of hydrogen-bond donors (Lipinski definition) is 1. The summed E-state index contributed by atoms with van der Waals surface area (Å²) in [7, 11) is 0. The minimum absolute atomic E-state index is 0.0599. The summed E-state index contributed by atoms with van der Waals surface area (Å²) in [6.07, 6.45) is 3.97. The van der Waals surface area contributed by atoms with Gasteiger partial charge in [-0.15, -0.1) is 0 Å². The van der Waals surface area contributed by atoms with Crippen molar-refractivity contribution in [2.24, 2.45) is 0 Å². The molecule has 1 atom stereocenters. The van der Waals surface area contributed by atoms with Gasteiger partial charge in [0.25, 0.3) is 0 Å². The van der Waals surface area contributed by atoms with Gasteiger partial charge in [-0.2, -0.15) is 0 Å². The Bertz CT molecular complexity index is 681. The summed E-state index contributed by atoms with van der Waals surface area (Å²) in [6.45, 7) is 2.72. The zero-order valence-electron chi connectivity index (χ0n) is 13.5. The molecule has 0 fully saturated rings. The molecule has 2 aromatic rings. The minimum atomic E-state index is -0.0702. The highest BCUT2D eigenvalue weighted by molar-refractivity contribution is 5.97. The van der Waals surface area contributed by atoms with Crippen molar-refractivity contribution in [1.29, 1.82) is 0 Å². The van der Waals surface area contributed by atoms with E-state index in [1.54, 1.807) is 0 Å². The van der Waals surface area contributed by atoms with E-state index >= 15 is 0 Å². The monoisotopic (exact) mass is 309 g/mol. The van der Waals surface area contributed by atoms with Gasteiger partial charge in [0, 0.05) is 0 Å². The van der Waals surface area contributed by atoms with Crippen molar-refractivity contribution in [2.75, 3.05) is 11.9 Å². The molecule has 0 aliphatic heterocycles. The Kier molecular flexibility index (Phi) is 4.96. The zero-order valence-corrected chi connectivity index (χ0v) is 13.5. The third-order valence-electron chi connectivity index (χ3n) is 4.29. The van der Waals surface area contributed by atoms with Crippen molar-refractivity contribution >= 4 is 11.6 Å². The molecule has 0 heterocycles. The van der Waals surface area contributed by atoms with E-state index < -0.39 is 0 Å². The lowest BCUT2D eigenvalue weighted by Gasteiger charge is -2.25. The van der Waals surface area contributed by atoms with Crippen LogP contribution < -0.4 is 10.1 Å². The van der Waals surface area contributed by atoms with E-state index in [1.165, 1.54) is 11.1 Å². The molecule has 1 N–H and O–H groups in total. The first-order valence-electron chi connectivity index (χ1n) is 8.40. The molecule has 0 saturated heterocycles. The molecule has 1 aliphatic carbocycles. The Hall–Kier alpha value is -2.29. The molecule has 120 valence electrons. The molecular weight excluding hydrogens is 286 g/mol. The van der Waals surface area contributed by atoms with Crippen LogP contribution in [0.25, 0.3) is 0 Å². The van der Waals surface area contributed by atoms with Gasteiger partial charge in [0.15, 0.2) is 0 Å². The molecule has 0 radical (unpaired) electrons. The maximum Gasteiger partial charge on any atom is 0.232 e. The van der Waals surface area contributed by atoms with E-state index in [4.69, 9.17) is 4.74 Å². The molecule has 3 rings (SSSR count). The molecule has 0 aromatic heterocycles. The molecule has 3 heteroatoms.